The Labute approximate surface area is 183 Å². The van der Waals surface area contributed by atoms with E-state index in [0.29, 0.717) is 23.7 Å². The highest BCUT2D eigenvalue weighted by atomic mass is 32.2. The van der Waals surface area contributed by atoms with Gasteiger partial charge in [0.2, 0.25) is 10.0 Å². The lowest BCUT2D eigenvalue weighted by Gasteiger charge is -2.20. The van der Waals surface area contributed by atoms with Crippen molar-refractivity contribution < 1.29 is 22.7 Å². The van der Waals surface area contributed by atoms with Crippen LogP contribution in [-0.4, -0.2) is 40.3 Å². The van der Waals surface area contributed by atoms with Gasteiger partial charge in [0, 0.05) is 0 Å². The summed E-state index contributed by atoms with van der Waals surface area (Å²) >= 11 is 0. The molecule has 0 unspecified atom stereocenters. The number of carbonyl (C=O) groups is 1. The first kappa shape index (κ1) is 24.4. The largest absolute Gasteiger partial charge is 0.493 e. The van der Waals surface area contributed by atoms with Crippen molar-refractivity contribution in [2.75, 3.05) is 13.7 Å². The monoisotopic (exact) mass is 447 g/mol. The summed E-state index contributed by atoms with van der Waals surface area (Å²) in [5.74, 6) is 0.307. The van der Waals surface area contributed by atoms with Crippen LogP contribution >= 0.6 is 0 Å². The van der Waals surface area contributed by atoms with E-state index in [0.717, 1.165) is 5.56 Å². The Morgan fingerprint density at radius 2 is 1.81 bits per heavy atom. The number of benzene rings is 2. The lowest BCUT2D eigenvalue weighted by Crippen LogP contribution is -2.48. The topological polar surface area (TPSA) is 106 Å². The van der Waals surface area contributed by atoms with E-state index in [9.17, 15) is 13.2 Å². The number of hydrogen-bond acceptors (Lipinski definition) is 6. The standard InChI is InChI=1S/C22H29N3O5S/c1-6-30-20-13-17(9-12-19(20)29-5)14-23-24-22(26)21(15(2)3)25-31(27,28)18-10-7-16(4)8-11-18/h7-15,21,25H,6H2,1-5H3,(H,24,26)/b23-14-/t21-/m1/s1. The predicted octanol–water partition coefficient (Wildman–Crippen LogP) is 2.86. The Bertz CT molecular complexity index is 1020. The number of nitrogens with one attached hydrogen (secondary N) is 2. The highest BCUT2D eigenvalue weighted by molar-refractivity contribution is 7.89. The summed E-state index contributed by atoms with van der Waals surface area (Å²) in [4.78, 5) is 12.7. The maximum absolute atomic E-state index is 12.7. The first-order valence-electron chi connectivity index (χ1n) is 9.90. The van der Waals surface area contributed by atoms with Crippen LogP contribution in [0.2, 0.25) is 0 Å². The van der Waals surface area contributed by atoms with Crippen molar-refractivity contribution in [1.82, 2.24) is 10.1 Å². The van der Waals surface area contributed by atoms with Crippen LogP contribution in [0, 0.1) is 12.8 Å². The number of hydrazone groups is 1. The van der Waals surface area contributed by atoms with E-state index >= 15 is 0 Å². The molecule has 1 atom stereocenters. The van der Waals surface area contributed by atoms with Crippen molar-refractivity contribution in [1.29, 1.82) is 0 Å². The van der Waals surface area contributed by atoms with Gasteiger partial charge >= 0.3 is 0 Å². The van der Waals surface area contributed by atoms with Crippen molar-refractivity contribution in [2.24, 2.45) is 11.0 Å². The molecule has 9 heteroatoms. The minimum Gasteiger partial charge on any atom is -0.493 e. The molecule has 0 saturated heterocycles. The SMILES string of the molecule is CCOc1cc(/C=N\NC(=O)[C@H](NS(=O)(=O)c2ccc(C)cc2)C(C)C)ccc1OC. The van der Waals surface area contributed by atoms with Gasteiger partial charge in [0.05, 0.1) is 24.8 Å². The molecule has 0 saturated carbocycles. The molecule has 2 aromatic rings. The average Bonchev–Trinajstić information content (AvgIpc) is 2.72. The number of amides is 1. The maximum Gasteiger partial charge on any atom is 0.258 e. The highest BCUT2D eigenvalue weighted by Crippen LogP contribution is 2.27. The van der Waals surface area contributed by atoms with E-state index in [1.54, 1.807) is 51.3 Å². The number of carbonyl (C=O) groups excluding carboxylic acids is 1. The van der Waals surface area contributed by atoms with Crippen LogP contribution in [0.15, 0.2) is 52.5 Å². The molecule has 0 heterocycles. The minimum atomic E-state index is -3.86. The maximum atomic E-state index is 12.7. The molecular weight excluding hydrogens is 418 g/mol. The lowest BCUT2D eigenvalue weighted by atomic mass is 10.1. The van der Waals surface area contributed by atoms with E-state index in [2.05, 4.69) is 15.2 Å². The van der Waals surface area contributed by atoms with Crippen LogP contribution in [0.3, 0.4) is 0 Å². The summed E-state index contributed by atoms with van der Waals surface area (Å²) in [6.45, 7) is 7.72. The zero-order valence-electron chi connectivity index (χ0n) is 18.4. The van der Waals surface area contributed by atoms with Crippen LogP contribution in [0.5, 0.6) is 11.5 Å². The van der Waals surface area contributed by atoms with Crippen molar-refractivity contribution in [2.45, 2.75) is 38.6 Å². The van der Waals surface area contributed by atoms with Crippen LogP contribution in [0.1, 0.15) is 31.9 Å². The van der Waals surface area contributed by atoms with Crippen molar-refractivity contribution >= 4 is 22.1 Å². The summed E-state index contributed by atoms with van der Waals surface area (Å²) in [5.41, 5.74) is 4.04. The van der Waals surface area contributed by atoms with Crippen LogP contribution in [0.25, 0.3) is 0 Å². The number of aryl methyl sites for hydroxylation is 1. The Hall–Kier alpha value is -2.91. The Morgan fingerprint density at radius 3 is 2.39 bits per heavy atom. The number of hydrogen-bond donors (Lipinski definition) is 2. The first-order valence-corrected chi connectivity index (χ1v) is 11.4. The van der Waals surface area contributed by atoms with Crippen LogP contribution < -0.4 is 19.6 Å². The van der Waals surface area contributed by atoms with Gasteiger partial charge in [-0.25, -0.2) is 13.8 Å². The smallest absolute Gasteiger partial charge is 0.258 e. The molecule has 1 amide bonds. The number of methoxy groups -OCH3 is 1. The highest BCUT2D eigenvalue weighted by Gasteiger charge is 2.28. The Balaban J connectivity index is 2.10. The zero-order chi connectivity index (χ0) is 23.0. The summed E-state index contributed by atoms with van der Waals surface area (Å²) in [7, 11) is -2.31. The minimum absolute atomic E-state index is 0.0988. The molecule has 0 aliphatic rings. The van der Waals surface area contributed by atoms with Gasteiger partial charge in [0.25, 0.3) is 5.91 Å². The third-order valence-corrected chi connectivity index (χ3v) is 5.90. The Morgan fingerprint density at radius 1 is 1.13 bits per heavy atom. The predicted molar refractivity (Wildman–Crippen MR) is 120 cm³/mol. The summed E-state index contributed by atoms with van der Waals surface area (Å²) in [6.07, 6.45) is 1.45. The molecule has 2 N–H and O–H groups in total. The number of ether oxygens (including phenoxy) is 2. The molecule has 168 valence electrons. The molecule has 0 spiro atoms. The van der Waals surface area contributed by atoms with Gasteiger partial charge in [-0.3, -0.25) is 4.79 Å². The van der Waals surface area contributed by atoms with E-state index in [1.807, 2.05) is 13.8 Å². The van der Waals surface area contributed by atoms with E-state index < -0.39 is 22.0 Å². The van der Waals surface area contributed by atoms with E-state index in [1.165, 1.54) is 18.3 Å². The second-order valence-corrected chi connectivity index (χ2v) is 8.95. The van der Waals surface area contributed by atoms with Gasteiger partial charge in [-0.1, -0.05) is 31.5 Å². The van der Waals surface area contributed by atoms with Crippen molar-refractivity contribution in [3.8, 4) is 11.5 Å². The van der Waals surface area contributed by atoms with Gasteiger partial charge in [-0.05, 0) is 55.7 Å². The van der Waals surface area contributed by atoms with Gasteiger partial charge in [0.15, 0.2) is 11.5 Å². The summed E-state index contributed by atoms with van der Waals surface area (Å²) in [6, 6.07) is 10.7. The Kier molecular flexibility index (Phi) is 8.58. The van der Waals surface area contributed by atoms with Crippen molar-refractivity contribution in [3.05, 3.63) is 53.6 Å². The van der Waals surface area contributed by atoms with Crippen LogP contribution in [-0.2, 0) is 14.8 Å². The normalized spacial score (nSPS) is 12.7. The van der Waals surface area contributed by atoms with Crippen molar-refractivity contribution in [3.63, 3.8) is 0 Å². The molecule has 0 radical (unpaired) electrons. The second-order valence-electron chi connectivity index (χ2n) is 7.23. The molecule has 8 nitrogen and oxygen atoms in total. The van der Waals surface area contributed by atoms with E-state index in [-0.39, 0.29) is 10.8 Å². The van der Waals surface area contributed by atoms with E-state index in [4.69, 9.17) is 9.47 Å². The fourth-order valence-electron chi connectivity index (χ4n) is 2.73. The van der Waals surface area contributed by atoms with Gasteiger partial charge in [-0.15, -0.1) is 0 Å². The molecular formula is C22H29N3O5S. The van der Waals surface area contributed by atoms with Crippen LogP contribution in [0.4, 0.5) is 0 Å². The molecule has 0 bridgehead atoms. The molecule has 0 aromatic heterocycles. The first-order chi connectivity index (χ1) is 14.7. The van der Waals surface area contributed by atoms with Gasteiger partial charge in [-0.2, -0.15) is 9.82 Å². The zero-order valence-corrected chi connectivity index (χ0v) is 19.2. The summed E-state index contributed by atoms with van der Waals surface area (Å²) < 4.78 is 38.5. The number of nitrogens with zero attached hydrogens (tertiary/aromatic N) is 1. The number of rotatable bonds is 10. The summed E-state index contributed by atoms with van der Waals surface area (Å²) in [5, 5.41) is 3.96. The fourth-order valence-corrected chi connectivity index (χ4v) is 4.07. The molecule has 2 aromatic carbocycles. The quantitative estimate of drug-likeness (QED) is 0.430. The third kappa shape index (κ3) is 6.80. The fraction of sp³-hybridized carbons (Fsp3) is 0.364. The molecule has 2 rings (SSSR count). The average molecular weight is 448 g/mol. The molecule has 31 heavy (non-hydrogen) atoms. The van der Waals surface area contributed by atoms with Gasteiger partial charge in [0.1, 0.15) is 6.04 Å². The third-order valence-electron chi connectivity index (χ3n) is 4.44. The molecule has 0 aliphatic heterocycles. The van der Waals surface area contributed by atoms with Gasteiger partial charge < -0.3 is 9.47 Å². The number of sulfonamides is 1. The molecule has 0 fully saturated rings. The second kappa shape index (κ2) is 10.9. The lowest BCUT2D eigenvalue weighted by molar-refractivity contribution is -0.123. The molecule has 0 aliphatic carbocycles.